The Kier molecular flexibility index (Phi) is 4.41. The van der Waals surface area contributed by atoms with E-state index in [1.807, 2.05) is 0 Å². The summed E-state index contributed by atoms with van der Waals surface area (Å²) in [5.41, 5.74) is 1.91. The molecule has 1 heterocycles. The molecular formula is C13H14FN3O2S. The van der Waals surface area contributed by atoms with E-state index < -0.39 is 10.0 Å². The first-order valence-electron chi connectivity index (χ1n) is 6.04. The SMILES string of the molecule is CCS(=O)(=O)NCc1cc(-c2ccc(F)cc2)ncn1. The molecular weight excluding hydrogens is 281 g/mol. The Balaban J connectivity index is 2.18. The molecule has 0 aliphatic heterocycles. The lowest BCUT2D eigenvalue weighted by molar-refractivity contribution is 0.581. The van der Waals surface area contributed by atoms with Crippen molar-refractivity contribution in [1.82, 2.24) is 14.7 Å². The largest absolute Gasteiger partial charge is 0.240 e. The Labute approximate surface area is 116 Å². The smallest absolute Gasteiger partial charge is 0.211 e. The van der Waals surface area contributed by atoms with Crippen LogP contribution in [0.25, 0.3) is 11.3 Å². The summed E-state index contributed by atoms with van der Waals surface area (Å²) in [6.07, 6.45) is 1.36. The number of nitrogens with one attached hydrogen (secondary N) is 1. The van der Waals surface area contributed by atoms with Gasteiger partial charge in [0.2, 0.25) is 10.0 Å². The zero-order valence-corrected chi connectivity index (χ0v) is 11.7. The molecule has 5 nitrogen and oxygen atoms in total. The molecule has 106 valence electrons. The summed E-state index contributed by atoms with van der Waals surface area (Å²) in [5, 5.41) is 0. The second kappa shape index (κ2) is 6.06. The highest BCUT2D eigenvalue weighted by atomic mass is 32.2. The predicted octanol–water partition coefficient (Wildman–Crippen LogP) is 1.72. The third-order valence-electron chi connectivity index (χ3n) is 2.72. The molecule has 0 bridgehead atoms. The second-order valence-electron chi connectivity index (χ2n) is 4.13. The highest BCUT2D eigenvalue weighted by molar-refractivity contribution is 7.89. The lowest BCUT2D eigenvalue weighted by Crippen LogP contribution is -2.25. The predicted molar refractivity (Wildman–Crippen MR) is 73.7 cm³/mol. The van der Waals surface area contributed by atoms with Crippen molar-refractivity contribution in [3.8, 4) is 11.3 Å². The number of halogens is 1. The van der Waals surface area contributed by atoms with Gasteiger partial charge in [0, 0.05) is 5.56 Å². The van der Waals surface area contributed by atoms with Crippen LogP contribution in [-0.2, 0) is 16.6 Å². The van der Waals surface area contributed by atoms with Gasteiger partial charge in [-0.05, 0) is 37.3 Å². The molecule has 0 saturated carbocycles. The van der Waals surface area contributed by atoms with Crippen molar-refractivity contribution in [1.29, 1.82) is 0 Å². The van der Waals surface area contributed by atoms with Gasteiger partial charge in [-0.25, -0.2) is 27.5 Å². The standard InChI is InChI=1S/C13H14FN3O2S/c1-2-20(18,19)17-8-12-7-13(16-9-15-12)10-3-5-11(14)6-4-10/h3-7,9,17H,2,8H2,1H3. The van der Waals surface area contributed by atoms with Crippen LogP contribution in [-0.4, -0.2) is 24.1 Å². The molecule has 0 saturated heterocycles. The summed E-state index contributed by atoms with van der Waals surface area (Å²) in [7, 11) is -3.26. The Bertz CT molecular complexity index is 687. The van der Waals surface area contributed by atoms with Gasteiger partial charge >= 0.3 is 0 Å². The lowest BCUT2D eigenvalue weighted by Gasteiger charge is -2.05. The molecule has 1 aromatic heterocycles. The van der Waals surface area contributed by atoms with Crippen LogP contribution in [0.4, 0.5) is 4.39 Å². The van der Waals surface area contributed by atoms with E-state index in [2.05, 4.69) is 14.7 Å². The Hall–Kier alpha value is -1.86. The van der Waals surface area contributed by atoms with E-state index in [1.54, 1.807) is 25.1 Å². The quantitative estimate of drug-likeness (QED) is 0.911. The average molecular weight is 295 g/mol. The zero-order valence-electron chi connectivity index (χ0n) is 10.9. The first kappa shape index (κ1) is 14.5. The van der Waals surface area contributed by atoms with Crippen molar-refractivity contribution in [2.24, 2.45) is 0 Å². The van der Waals surface area contributed by atoms with E-state index >= 15 is 0 Å². The van der Waals surface area contributed by atoms with Crippen LogP contribution in [0.2, 0.25) is 0 Å². The van der Waals surface area contributed by atoms with E-state index in [1.165, 1.54) is 18.5 Å². The maximum atomic E-state index is 12.9. The van der Waals surface area contributed by atoms with Gasteiger partial charge in [-0.3, -0.25) is 0 Å². The maximum absolute atomic E-state index is 12.9. The normalized spacial score (nSPS) is 11.5. The van der Waals surface area contributed by atoms with Crippen molar-refractivity contribution >= 4 is 10.0 Å². The molecule has 2 rings (SSSR count). The van der Waals surface area contributed by atoms with Gasteiger partial charge < -0.3 is 0 Å². The summed E-state index contributed by atoms with van der Waals surface area (Å²) < 4.78 is 38.0. The van der Waals surface area contributed by atoms with Gasteiger partial charge in [0.15, 0.2) is 0 Å². The topological polar surface area (TPSA) is 72.0 Å². The second-order valence-corrected chi connectivity index (χ2v) is 6.22. The fourth-order valence-corrected chi connectivity index (χ4v) is 2.13. The molecule has 20 heavy (non-hydrogen) atoms. The highest BCUT2D eigenvalue weighted by Crippen LogP contribution is 2.17. The van der Waals surface area contributed by atoms with Crippen molar-refractivity contribution in [2.75, 3.05) is 5.75 Å². The highest BCUT2D eigenvalue weighted by Gasteiger charge is 2.08. The molecule has 0 aliphatic carbocycles. The average Bonchev–Trinajstić information content (AvgIpc) is 2.46. The van der Waals surface area contributed by atoms with Crippen LogP contribution in [0.5, 0.6) is 0 Å². The minimum atomic E-state index is -3.26. The van der Waals surface area contributed by atoms with Gasteiger partial charge in [-0.2, -0.15) is 0 Å². The van der Waals surface area contributed by atoms with Crippen molar-refractivity contribution in [2.45, 2.75) is 13.5 Å². The van der Waals surface area contributed by atoms with Crippen molar-refractivity contribution in [3.05, 3.63) is 48.2 Å². The molecule has 0 fully saturated rings. The number of hydrogen-bond acceptors (Lipinski definition) is 4. The van der Waals surface area contributed by atoms with Gasteiger partial charge in [0.1, 0.15) is 12.1 Å². The first-order valence-corrected chi connectivity index (χ1v) is 7.69. The van der Waals surface area contributed by atoms with Crippen LogP contribution >= 0.6 is 0 Å². The zero-order chi connectivity index (χ0) is 14.6. The summed E-state index contributed by atoms with van der Waals surface area (Å²) in [6, 6.07) is 7.58. The fourth-order valence-electron chi connectivity index (χ4n) is 1.56. The number of hydrogen-bond donors (Lipinski definition) is 1. The summed E-state index contributed by atoms with van der Waals surface area (Å²) in [4.78, 5) is 8.10. The number of sulfonamides is 1. The summed E-state index contributed by atoms with van der Waals surface area (Å²) >= 11 is 0. The monoisotopic (exact) mass is 295 g/mol. The lowest BCUT2D eigenvalue weighted by atomic mass is 10.1. The van der Waals surface area contributed by atoms with Crippen LogP contribution in [0.1, 0.15) is 12.6 Å². The summed E-state index contributed by atoms with van der Waals surface area (Å²) in [5.74, 6) is -0.304. The van der Waals surface area contributed by atoms with E-state index in [-0.39, 0.29) is 18.1 Å². The molecule has 0 amide bonds. The number of benzene rings is 1. The Morgan fingerprint density at radius 2 is 1.90 bits per heavy atom. The van der Waals surface area contributed by atoms with E-state index in [9.17, 15) is 12.8 Å². The maximum Gasteiger partial charge on any atom is 0.211 e. The fraction of sp³-hybridized carbons (Fsp3) is 0.231. The van der Waals surface area contributed by atoms with Crippen LogP contribution < -0.4 is 4.72 Å². The molecule has 0 aliphatic rings. The van der Waals surface area contributed by atoms with E-state index in [0.717, 1.165) is 5.56 Å². The van der Waals surface area contributed by atoms with Crippen LogP contribution in [0, 0.1) is 5.82 Å². The third kappa shape index (κ3) is 3.82. The van der Waals surface area contributed by atoms with E-state index in [0.29, 0.717) is 11.4 Å². The number of nitrogens with zero attached hydrogens (tertiary/aromatic N) is 2. The molecule has 2 aromatic rings. The molecule has 0 spiro atoms. The van der Waals surface area contributed by atoms with Gasteiger partial charge in [0.25, 0.3) is 0 Å². The minimum absolute atomic E-state index is 0.0168. The van der Waals surface area contributed by atoms with Gasteiger partial charge in [0.05, 0.1) is 23.7 Å². The molecule has 1 N–H and O–H groups in total. The molecule has 7 heteroatoms. The third-order valence-corrected chi connectivity index (χ3v) is 4.06. The van der Waals surface area contributed by atoms with Crippen LogP contribution in [0.15, 0.2) is 36.7 Å². The molecule has 0 atom stereocenters. The number of aromatic nitrogens is 2. The van der Waals surface area contributed by atoms with Crippen molar-refractivity contribution < 1.29 is 12.8 Å². The molecule has 0 radical (unpaired) electrons. The van der Waals surface area contributed by atoms with Gasteiger partial charge in [-0.15, -0.1) is 0 Å². The van der Waals surface area contributed by atoms with Crippen molar-refractivity contribution in [3.63, 3.8) is 0 Å². The first-order chi connectivity index (χ1) is 9.50. The van der Waals surface area contributed by atoms with Crippen LogP contribution in [0.3, 0.4) is 0 Å². The molecule has 1 aromatic carbocycles. The minimum Gasteiger partial charge on any atom is -0.240 e. The molecule has 0 unspecified atom stereocenters. The Morgan fingerprint density at radius 3 is 2.55 bits per heavy atom. The Morgan fingerprint density at radius 1 is 1.20 bits per heavy atom. The number of rotatable bonds is 5. The summed E-state index contributed by atoms with van der Waals surface area (Å²) in [6.45, 7) is 1.67. The van der Waals surface area contributed by atoms with Gasteiger partial charge in [-0.1, -0.05) is 0 Å². The van der Waals surface area contributed by atoms with E-state index in [4.69, 9.17) is 0 Å².